The molecule has 2 rings (SSSR count). The lowest BCUT2D eigenvalue weighted by molar-refractivity contribution is 0.0855. The van der Waals surface area contributed by atoms with E-state index in [1.165, 1.54) is 6.92 Å². The monoisotopic (exact) mass is 372 g/mol. The Morgan fingerprint density at radius 3 is 2.37 bits per heavy atom. The zero-order chi connectivity index (χ0) is 20.3. The number of H-pyrrole nitrogens is 1. The number of aryl methyl sites for hydroxylation is 1. The van der Waals surface area contributed by atoms with E-state index in [1.54, 1.807) is 14.2 Å². The summed E-state index contributed by atoms with van der Waals surface area (Å²) in [6, 6.07) is 5.26. The van der Waals surface area contributed by atoms with Gasteiger partial charge in [0.1, 0.15) is 11.5 Å². The fourth-order valence-electron chi connectivity index (χ4n) is 3.32. The van der Waals surface area contributed by atoms with Crippen molar-refractivity contribution in [1.29, 1.82) is 0 Å². The van der Waals surface area contributed by atoms with Gasteiger partial charge in [-0.2, -0.15) is 0 Å². The van der Waals surface area contributed by atoms with Gasteiger partial charge in [-0.15, -0.1) is 0 Å². The van der Waals surface area contributed by atoms with E-state index in [0.29, 0.717) is 29.1 Å². The minimum Gasteiger partial charge on any atom is -0.497 e. The number of benzene rings is 1. The second-order valence-electron chi connectivity index (χ2n) is 6.81. The van der Waals surface area contributed by atoms with Crippen LogP contribution in [-0.4, -0.2) is 48.8 Å². The third-order valence-corrected chi connectivity index (χ3v) is 4.99. The number of rotatable bonds is 8. The average Bonchev–Trinajstić information content (AvgIpc) is 2.94. The summed E-state index contributed by atoms with van der Waals surface area (Å²) < 4.78 is 10.7. The maximum Gasteiger partial charge on any atom is 0.196 e. The van der Waals surface area contributed by atoms with Crippen molar-refractivity contribution in [1.82, 2.24) is 9.88 Å². The largest absolute Gasteiger partial charge is 0.497 e. The highest BCUT2D eigenvalue weighted by atomic mass is 16.5. The van der Waals surface area contributed by atoms with Crippen LogP contribution in [0.2, 0.25) is 0 Å². The number of ether oxygens (including phenoxy) is 2. The van der Waals surface area contributed by atoms with Crippen molar-refractivity contribution in [3.05, 3.63) is 46.3 Å². The number of ketones is 2. The molecule has 27 heavy (non-hydrogen) atoms. The number of aromatic nitrogens is 1. The van der Waals surface area contributed by atoms with Crippen molar-refractivity contribution >= 4 is 11.6 Å². The van der Waals surface area contributed by atoms with Gasteiger partial charge in [-0.25, -0.2) is 0 Å². The van der Waals surface area contributed by atoms with E-state index in [-0.39, 0.29) is 17.6 Å². The molecular formula is C21H28N2O4. The first-order valence-corrected chi connectivity index (χ1v) is 8.86. The number of hydrogen-bond donors (Lipinski definition) is 1. The van der Waals surface area contributed by atoms with E-state index in [2.05, 4.69) is 4.98 Å². The molecule has 0 saturated heterocycles. The van der Waals surface area contributed by atoms with Crippen LogP contribution in [0.3, 0.4) is 0 Å². The summed E-state index contributed by atoms with van der Waals surface area (Å²) in [4.78, 5) is 29.9. The van der Waals surface area contributed by atoms with Crippen molar-refractivity contribution in [2.24, 2.45) is 0 Å². The molecule has 146 valence electrons. The summed E-state index contributed by atoms with van der Waals surface area (Å²) in [5, 5.41) is 0. The predicted octanol–water partition coefficient (Wildman–Crippen LogP) is 3.55. The second-order valence-corrected chi connectivity index (χ2v) is 6.81. The Labute approximate surface area is 160 Å². The number of Topliss-reactive ketones (excluding diaryl/α,β-unsaturated/α-hetero) is 2. The molecule has 1 aromatic heterocycles. The fraction of sp³-hybridized carbons (Fsp3) is 0.429. The maximum atomic E-state index is 13.0. The molecule has 1 heterocycles. The summed E-state index contributed by atoms with van der Waals surface area (Å²) in [5.74, 6) is 1.35. The Balaban J connectivity index is 2.23. The Morgan fingerprint density at radius 1 is 1.19 bits per heavy atom. The van der Waals surface area contributed by atoms with Crippen LogP contribution in [0.25, 0.3) is 0 Å². The highest BCUT2D eigenvalue weighted by molar-refractivity contribution is 6.05. The van der Waals surface area contributed by atoms with Gasteiger partial charge in [0.25, 0.3) is 0 Å². The summed E-state index contributed by atoms with van der Waals surface area (Å²) in [6.07, 6.45) is 0. The number of nitrogens with one attached hydrogen (secondary N) is 1. The molecule has 0 aliphatic rings. The molecule has 0 unspecified atom stereocenters. The van der Waals surface area contributed by atoms with Crippen LogP contribution in [0.1, 0.15) is 51.5 Å². The minimum atomic E-state index is -0.367. The molecule has 0 spiro atoms. The van der Waals surface area contributed by atoms with Gasteiger partial charge in [0.2, 0.25) is 0 Å². The first kappa shape index (κ1) is 20.7. The van der Waals surface area contributed by atoms with Crippen LogP contribution in [0.5, 0.6) is 11.5 Å². The van der Waals surface area contributed by atoms with Gasteiger partial charge in [0.05, 0.1) is 26.0 Å². The second kappa shape index (κ2) is 8.39. The average molecular weight is 372 g/mol. The molecule has 0 bridgehead atoms. The van der Waals surface area contributed by atoms with E-state index in [0.717, 1.165) is 17.0 Å². The summed E-state index contributed by atoms with van der Waals surface area (Å²) in [7, 11) is 5.11. The molecular weight excluding hydrogens is 344 g/mol. The Hall–Kier alpha value is -2.60. The molecule has 0 saturated carbocycles. The molecule has 2 aromatic rings. The lowest BCUT2D eigenvalue weighted by Gasteiger charge is -2.24. The van der Waals surface area contributed by atoms with E-state index in [9.17, 15) is 9.59 Å². The molecule has 0 aliphatic heterocycles. The third kappa shape index (κ3) is 4.22. The van der Waals surface area contributed by atoms with Gasteiger partial charge in [-0.05, 0) is 46.4 Å². The maximum absolute atomic E-state index is 13.0. The number of carbonyl (C=O) groups is 2. The van der Waals surface area contributed by atoms with Crippen LogP contribution < -0.4 is 9.47 Å². The number of likely N-dealkylation sites (N-methyl/N-ethyl adjacent to an activating group) is 1. The Morgan fingerprint density at radius 2 is 1.85 bits per heavy atom. The number of methoxy groups -OCH3 is 2. The Bertz CT molecular complexity index is 854. The number of nitrogens with zero attached hydrogens (tertiary/aromatic N) is 1. The molecule has 6 heteroatoms. The first-order valence-electron chi connectivity index (χ1n) is 8.86. The SMILES string of the molecule is COc1ccc(CN(C)[C@@H](C)C(=O)c2[nH]c(C)c(C(C)=O)c2C)c(OC)c1. The fourth-order valence-corrected chi connectivity index (χ4v) is 3.32. The quantitative estimate of drug-likeness (QED) is 0.718. The molecule has 1 atom stereocenters. The standard InChI is InChI=1S/C21H28N2O4/c1-12-19(15(4)24)13(2)22-20(12)21(25)14(3)23(5)11-16-8-9-17(26-6)10-18(16)27-7/h8-10,14,22H,11H2,1-7H3/t14-/m0/s1. The number of aromatic amines is 1. The van der Waals surface area contributed by atoms with E-state index >= 15 is 0 Å². The van der Waals surface area contributed by atoms with E-state index in [1.807, 2.05) is 50.9 Å². The highest BCUT2D eigenvalue weighted by Crippen LogP contribution is 2.27. The Kier molecular flexibility index (Phi) is 6.44. The van der Waals surface area contributed by atoms with Crippen LogP contribution in [0.15, 0.2) is 18.2 Å². The molecule has 0 radical (unpaired) electrons. The van der Waals surface area contributed by atoms with Gasteiger partial charge in [-0.1, -0.05) is 6.07 Å². The topological polar surface area (TPSA) is 71.6 Å². The number of hydrogen-bond acceptors (Lipinski definition) is 5. The predicted molar refractivity (Wildman–Crippen MR) is 105 cm³/mol. The van der Waals surface area contributed by atoms with Gasteiger partial charge >= 0.3 is 0 Å². The van der Waals surface area contributed by atoms with Crippen molar-refractivity contribution in [3.63, 3.8) is 0 Å². The van der Waals surface area contributed by atoms with Crippen molar-refractivity contribution in [2.45, 2.75) is 40.3 Å². The van der Waals surface area contributed by atoms with Crippen LogP contribution in [0.4, 0.5) is 0 Å². The summed E-state index contributed by atoms with van der Waals surface area (Å²) in [6.45, 7) is 7.55. The van der Waals surface area contributed by atoms with Crippen LogP contribution >= 0.6 is 0 Å². The minimum absolute atomic E-state index is 0.0377. The first-order chi connectivity index (χ1) is 12.7. The van der Waals surface area contributed by atoms with Gasteiger partial charge in [-0.3, -0.25) is 14.5 Å². The molecule has 1 N–H and O–H groups in total. The third-order valence-electron chi connectivity index (χ3n) is 4.99. The lowest BCUT2D eigenvalue weighted by atomic mass is 10.0. The van der Waals surface area contributed by atoms with Crippen molar-refractivity contribution in [3.8, 4) is 11.5 Å². The van der Waals surface area contributed by atoms with Gasteiger partial charge < -0.3 is 14.5 Å². The molecule has 0 amide bonds. The molecule has 0 fully saturated rings. The highest BCUT2D eigenvalue weighted by Gasteiger charge is 2.26. The normalized spacial score (nSPS) is 12.1. The van der Waals surface area contributed by atoms with Gasteiger partial charge in [0, 0.05) is 29.4 Å². The van der Waals surface area contributed by atoms with Crippen molar-refractivity contribution < 1.29 is 19.1 Å². The zero-order valence-corrected chi connectivity index (χ0v) is 17.1. The van der Waals surface area contributed by atoms with Crippen molar-refractivity contribution in [2.75, 3.05) is 21.3 Å². The number of carbonyl (C=O) groups excluding carboxylic acids is 2. The van der Waals surface area contributed by atoms with E-state index in [4.69, 9.17) is 9.47 Å². The molecule has 0 aliphatic carbocycles. The van der Waals surface area contributed by atoms with Crippen LogP contribution in [-0.2, 0) is 6.54 Å². The van der Waals surface area contributed by atoms with Crippen LogP contribution in [0, 0.1) is 13.8 Å². The van der Waals surface area contributed by atoms with E-state index < -0.39 is 0 Å². The summed E-state index contributed by atoms with van der Waals surface area (Å²) >= 11 is 0. The summed E-state index contributed by atoms with van der Waals surface area (Å²) in [5.41, 5.74) is 3.51. The van der Waals surface area contributed by atoms with Gasteiger partial charge in [0.15, 0.2) is 11.6 Å². The molecule has 1 aromatic carbocycles. The lowest BCUT2D eigenvalue weighted by Crippen LogP contribution is -2.36. The molecule has 6 nitrogen and oxygen atoms in total. The zero-order valence-electron chi connectivity index (χ0n) is 17.1. The smallest absolute Gasteiger partial charge is 0.196 e.